The topological polar surface area (TPSA) is 102 Å². The standard InChI is InChI=1S/C24H15ClF3N5O2S2/c25-19-7-6-17(37-19)15-10-18(24(26,27)28)33-20(30-15)11-16(32-33)22(35)31-23-14(21(29)34)9-13(36-23)8-12-4-2-1-3-5-12/h1-7,9-11H,8H2,(H2,29,34)(H,31,35). The minimum atomic E-state index is -4.77. The molecule has 4 aromatic heterocycles. The zero-order valence-corrected chi connectivity index (χ0v) is 20.9. The maximum atomic E-state index is 13.8. The Balaban J connectivity index is 1.49. The van der Waals surface area contributed by atoms with Crippen molar-refractivity contribution >= 4 is 56.7 Å². The molecule has 4 heterocycles. The van der Waals surface area contributed by atoms with E-state index in [4.69, 9.17) is 17.3 Å². The average molecular weight is 562 g/mol. The molecule has 0 saturated carbocycles. The third kappa shape index (κ3) is 5.22. The molecular weight excluding hydrogens is 547 g/mol. The highest BCUT2D eigenvalue weighted by Crippen LogP contribution is 2.36. The molecule has 0 aliphatic carbocycles. The molecule has 0 aliphatic rings. The molecule has 0 radical (unpaired) electrons. The summed E-state index contributed by atoms with van der Waals surface area (Å²) >= 11 is 8.15. The molecule has 13 heteroatoms. The van der Waals surface area contributed by atoms with Crippen LogP contribution < -0.4 is 11.1 Å². The molecule has 0 unspecified atom stereocenters. The van der Waals surface area contributed by atoms with Crippen molar-refractivity contribution in [2.24, 2.45) is 5.73 Å². The van der Waals surface area contributed by atoms with Gasteiger partial charge < -0.3 is 11.1 Å². The first-order valence-electron chi connectivity index (χ1n) is 10.6. The molecule has 37 heavy (non-hydrogen) atoms. The van der Waals surface area contributed by atoms with Gasteiger partial charge in [-0.05, 0) is 29.8 Å². The number of hydrogen-bond donors (Lipinski definition) is 2. The second-order valence-electron chi connectivity index (χ2n) is 7.86. The Kier molecular flexibility index (Phi) is 6.48. The van der Waals surface area contributed by atoms with Crippen molar-refractivity contribution in [1.82, 2.24) is 14.6 Å². The Morgan fingerprint density at radius 1 is 1.05 bits per heavy atom. The van der Waals surface area contributed by atoms with Crippen LogP contribution >= 0.6 is 34.3 Å². The van der Waals surface area contributed by atoms with Crippen LogP contribution in [-0.2, 0) is 12.6 Å². The molecule has 7 nitrogen and oxygen atoms in total. The second kappa shape index (κ2) is 9.61. The predicted molar refractivity (Wildman–Crippen MR) is 136 cm³/mol. The summed E-state index contributed by atoms with van der Waals surface area (Å²) < 4.78 is 42.5. The van der Waals surface area contributed by atoms with E-state index in [1.807, 2.05) is 30.3 Å². The van der Waals surface area contributed by atoms with Gasteiger partial charge in [0.05, 0.1) is 20.5 Å². The summed E-state index contributed by atoms with van der Waals surface area (Å²) in [6, 6.07) is 16.2. The van der Waals surface area contributed by atoms with Crippen molar-refractivity contribution in [3.05, 3.63) is 92.4 Å². The van der Waals surface area contributed by atoms with Gasteiger partial charge in [-0.1, -0.05) is 41.9 Å². The van der Waals surface area contributed by atoms with Crippen LogP contribution in [0.4, 0.5) is 18.2 Å². The average Bonchev–Trinajstić information content (AvgIpc) is 3.56. The van der Waals surface area contributed by atoms with E-state index in [1.165, 1.54) is 0 Å². The molecule has 0 aliphatic heterocycles. The zero-order chi connectivity index (χ0) is 26.3. The second-order valence-corrected chi connectivity index (χ2v) is 10.7. The Morgan fingerprint density at radius 2 is 1.81 bits per heavy atom. The van der Waals surface area contributed by atoms with Gasteiger partial charge in [0.1, 0.15) is 5.00 Å². The summed E-state index contributed by atoms with van der Waals surface area (Å²) in [7, 11) is 0. The van der Waals surface area contributed by atoms with E-state index < -0.39 is 23.7 Å². The first-order chi connectivity index (χ1) is 17.6. The van der Waals surface area contributed by atoms with Gasteiger partial charge in [-0.3, -0.25) is 9.59 Å². The number of fused-ring (bicyclic) bond motifs is 1. The van der Waals surface area contributed by atoms with E-state index in [0.717, 1.165) is 45.2 Å². The van der Waals surface area contributed by atoms with Crippen LogP contribution in [0.3, 0.4) is 0 Å². The van der Waals surface area contributed by atoms with Crippen molar-refractivity contribution < 1.29 is 22.8 Å². The fraction of sp³-hybridized carbons (Fsp3) is 0.0833. The quantitative estimate of drug-likeness (QED) is 0.260. The van der Waals surface area contributed by atoms with E-state index in [9.17, 15) is 22.8 Å². The number of amides is 2. The first kappa shape index (κ1) is 24.9. The van der Waals surface area contributed by atoms with Crippen LogP contribution in [0.1, 0.15) is 37.0 Å². The number of thiophene rings is 2. The van der Waals surface area contributed by atoms with E-state index in [-0.39, 0.29) is 27.6 Å². The van der Waals surface area contributed by atoms with Gasteiger partial charge in [-0.15, -0.1) is 22.7 Å². The summed E-state index contributed by atoms with van der Waals surface area (Å²) in [5, 5.41) is 6.59. The number of hydrogen-bond acceptors (Lipinski definition) is 6. The minimum absolute atomic E-state index is 0.0448. The number of benzene rings is 1. The molecule has 5 aromatic rings. The summed E-state index contributed by atoms with van der Waals surface area (Å²) in [5.74, 6) is -1.56. The molecule has 0 saturated heterocycles. The molecule has 0 spiro atoms. The smallest absolute Gasteiger partial charge is 0.366 e. The highest BCUT2D eigenvalue weighted by molar-refractivity contribution is 7.19. The van der Waals surface area contributed by atoms with Crippen LogP contribution in [0, 0.1) is 0 Å². The number of nitrogens with two attached hydrogens (primary N) is 1. The molecule has 3 N–H and O–H groups in total. The fourth-order valence-electron chi connectivity index (χ4n) is 3.63. The van der Waals surface area contributed by atoms with Gasteiger partial charge in [0.25, 0.3) is 11.8 Å². The maximum absolute atomic E-state index is 13.8. The lowest BCUT2D eigenvalue weighted by Crippen LogP contribution is -2.17. The summed E-state index contributed by atoms with van der Waals surface area (Å²) in [4.78, 5) is 30.4. The normalized spacial score (nSPS) is 11.7. The predicted octanol–water partition coefficient (Wildman–Crippen LogP) is 6.13. The summed E-state index contributed by atoms with van der Waals surface area (Å²) in [6.45, 7) is 0. The number of carbonyl (C=O) groups is 2. The van der Waals surface area contributed by atoms with Gasteiger partial charge in [0.15, 0.2) is 17.0 Å². The first-order valence-corrected chi connectivity index (χ1v) is 12.6. The van der Waals surface area contributed by atoms with Crippen molar-refractivity contribution in [1.29, 1.82) is 0 Å². The van der Waals surface area contributed by atoms with E-state index in [2.05, 4.69) is 15.4 Å². The minimum Gasteiger partial charge on any atom is -0.366 e. The van der Waals surface area contributed by atoms with Crippen LogP contribution in [-0.4, -0.2) is 26.4 Å². The SMILES string of the molecule is NC(=O)c1cc(Cc2ccccc2)sc1NC(=O)c1cc2nc(-c3ccc(Cl)s3)cc(C(F)(F)F)n2n1. The highest BCUT2D eigenvalue weighted by atomic mass is 35.5. The lowest BCUT2D eigenvalue weighted by molar-refractivity contribution is -0.142. The number of rotatable bonds is 6. The van der Waals surface area contributed by atoms with Crippen molar-refractivity contribution in [2.45, 2.75) is 12.6 Å². The van der Waals surface area contributed by atoms with Crippen LogP contribution in [0.25, 0.3) is 16.2 Å². The Labute approximate surface area is 220 Å². The molecular formula is C24H15ClF3N5O2S2. The van der Waals surface area contributed by atoms with Gasteiger partial charge in [0, 0.05) is 17.4 Å². The highest BCUT2D eigenvalue weighted by Gasteiger charge is 2.36. The lowest BCUT2D eigenvalue weighted by Gasteiger charge is -2.10. The molecule has 0 atom stereocenters. The van der Waals surface area contributed by atoms with E-state index in [1.54, 1.807) is 18.2 Å². The van der Waals surface area contributed by atoms with Gasteiger partial charge in [-0.2, -0.15) is 18.3 Å². The molecule has 188 valence electrons. The summed E-state index contributed by atoms with van der Waals surface area (Å²) in [6.07, 6.45) is -4.26. The van der Waals surface area contributed by atoms with Crippen molar-refractivity contribution in [2.75, 3.05) is 5.32 Å². The van der Waals surface area contributed by atoms with E-state index >= 15 is 0 Å². The number of nitrogens with zero attached hydrogens (tertiary/aromatic N) is 3. The summed E-state index contributed by atoms with van der Waals surface area (Å²) in [5.41, 5.74) is 5.04. The molecule has 0 fully saturated rings. The fourth-order valence-corrected chi connectivity index (χ4v) is 5.73. The lowest BCUT2D eigenvalue weighted by atomic mass is 10.1. The van der Waals surface area contributed by atoms with Gasteiger partial charge in [-0.25, -0.2) is 9.50 Å². The van der Waals surface area contributed by atoms with Crippen molar-refractivity contribution in [3.63, 3.8) is 0 Å². The molecule has 1 aromatic carbocycles. The van der Waals surface area contributed by atoms with Crippen LogP contribution in [0.2, 0.25) is 4.34 Å². The number of halogens is 4. The number of nitrogens with one attached hydrogen (secondary N) is 1. The number of carbonyl (C=O) groups excluding carboxylic acids is 2. The molecule has 5 rings (SSSR count). The molecule has 2 amide bonds. The van der Waals surface area contributed by atoms with Crippen LogP contribution in [0.15, 0.2) is 60.7 Å². The van der Waals surface area contributed by atoms with Crippen molar-refractivity contribution in [3.8, 4) is 10.6 Å². The van der Waals surface area contributed by atoms with Gasteiger partial charge in [0.2, 0.25) is 0 Å². The van der Waals surface area contributed by atoms with Crippen LogP contribution in [0.5, 0.6) is 0 Å². The third-order valence-corrected chi connectivity index (χ3v) is 7.58. The Bertz CT molecular complexity index is 1640. The van der Waals surface area contributed by atoms with Gasteiger partial charge >= 0.3 is 6.18 Å². The van der Waals surface area contributed by atoms with E-state index in [0.29, 0.717) is 20.1 Å². The monoisotopic (exact) mass is 561 g/mol. The third-order valence-electron chi connectivity index (χ3n) is 5.27. The largest absolute Gasteiger partial charge is 0.433 e. The number of primary amides is 1. The Hall–Kier alpha value is -3.74. The number of anilines is 1. The Morgan fingerprint density at radius 3 is 2.46 bits per heavy atom. The number of aromatic nitrogens is 3. The molecule has 0 bridgehead atoms. The zero-order valence-electron chi connectivity index (χ0n) is 18.5. The maximum Gasteiger partial charge on any atom is 0.433 e. The number of alkyl halides is 3.